The van der Waals surface area contributed by atoms with Gasteiger partial charge in [-0.2, -0.15) is 0 Å². The fraction of sp³-hybridized carbons (Fsp3) is 0.941. The van der Waals surface area contributed by atoms with Crippen LogP contribution in [-0.4, -0.2) is 37.2 Å². The number of hydrogen-bond acceptors (Lipinski definition) is 6. The number of rotatable bonds is 46. The molecule has 0 aromatic carbocycles. The number of carbonyl (C=O) groups excluding carboxylic acids is 3. The highest BCUT2D eigenvalue weighted by atomic mass is 16.6. The Kier molecular flexibility index (Phi) is 44.2. The van der Waals surface area contributed by atoms with Gasteiger partial charge in [0, 0.05) is 19.3 Å². The van der Waals surface area contributed by atoms with Gasteiger partial charge in [-0.3, -0.25) is 14.4 Å². The first-order valence-corrected chi connectivity index (χ1v) is 25.4. The average Bonchev–Trinajstić information content (AvgIpc) is 3.19. The second-order valence-electron chi connectivity index (χ2n) is 17.9. The van der Waals surface area contributed by atoms with Gasteiger partial charge in [0.15, 0.2) is 6.10 Å². The number of unbranched alkanes of at least 4 members (excludes halogenated alkanes) is 33. The molecule has 6 nitrogen and oxygen atoms in total. The van der Waals surface area contributed by atoms with E-state index in [2.05, 4.69) is 27.7 Å². The summed E-state index contributed by atoms with van der Waals surface area (Å²) in [7, 11) is 0. The maximum atomic E-state index is 12.7. The minimum atomic E-state index is -0.758. The van der Waals surface area contributed by atoms with Crippen LogP contribution < -0.4 is 0 Å². The van der Waals surface area contributed by atoms with Gasteiger partial charge >= 0.3 is 17.9 Å². The zero-order valence-electron chi connectivity index (χ0n) is 38.8. The van der Waals surface area contributed by atoms with E-state index in [-0.39, 0.29) is 31.1 Å². The molecule has 0 saturated heterocycles. The van der Waals surface area contributed by atoms with Gasteiger partial charge in [0.2, 0.25) is 0 Å². The van der Waals surface area contributed by atoms with Gasteiger partial charge in [0.1, 0.15) is 13.2 Å². The van der Waals surface area contributed by atoms with Crippen molar-refractivity contribution in [2.24, 2.45) is 5.92 Å². The monoisotopic (exact) mass is 807 g/mol. The maximum Gasteiger partial charge on any atom is 0.306 e. The molecule has 0 N–H and O–H groups in total. The van der Waals surface area contributed by atoms with E-state index in [1.54, 1.807) is 0 Å². The van der Waals surface area contributed by atoms with Crippen molar-refractivity contribution < 1.29 is 28.6 Å². The molecule has 0 aromatic rings. The Morgan fingerprint density at radius 2 is 0.579 bits per heavy atom. The molecule has 0 rings (SSSR count). The summed E-state index contributed by atoms with van der Waals surface area (Å²) < 4.78 is 16.7. The third kappa shape index (κ3) is 45.3. The van der Waals surface area contributed by atoms with Gasteiger partial charge in [-0.1, -0.05) is 246 Å². The molecule has 0 unspecified atom stereocenters. The second kappa shape index (κ2) is 45.5. The molecule has 0 heterocycles. The largest absolute Gasteiger partial charge is 0.462 e. The zero-order valence-corrected chi connectivity index (χ0v) is 38.8. The normalized spacial score (nSPS) is 11.9. The Morgan fingerprint density at radius 3 is 0.860 bits per heavy atom. The molecule has 57 heavy (non-hydrogen) atoms. The minimum absolute atomic E-state index is 0.0634. The van der Waals surface area contributed by atoms with Crippen molar-refractivity contribution >= 4 is 17.9 Å². The molecule has 0 amide bonds. The molecular weight excluding hydrogens is 709 g/mol. The third-order valence-electron chi connectivity index (χ3n) is 11.5. The highest BCUT2D eigenvalue weighted by molar-refractivity contribution is 5.71. The van der Waals surface area contributed by atoms with Crippen LogP contribution in [0.15, 0.2) is 0 Å². The fourth-order valence-electron chi connectivity index (χ4n) is 7.69. The van der Waals surface area contributed by atoms with E-state index >= 15 is 0 Å². The van der Waals surface area contributed by atoms with Gasteiger partial charge in [-0.15, -0.1) is 0 Å². The van der Waals surface area contributed by atoms with Crippen LogP contribution in [0, 0.1) is 5.92 Å². The molecule has 6 heteroatoms. The summed E-state index contributed by atoms with van der Waals surface area (Å²) in [6, 6.07) is 0. The smallest absolute Gasteiger partial charge is 0.306 e. The molecule has 1 atom stereocenters. The van der Waals surface area contributed by atoms with Crippen molar-refractivity contribution in [1.29, 1.82) is 0 Å². The first-order valence-electron chi connectivity index (χ1n) is 25.4. The van der Waals surface area contributed by atoms with Crippen molar-refractivity contribution in [3.63, 3.8) is 0 Å². The maximum absolute atomic E-state index is 12.7. The molecule has 0 aliphatic heterocycles. The summed E-state index contributed by atoms with van der Waals surface area (Å²) in [5.41, 5.74) is 0. The summed E-state index contributed by atoms with van der Waals surface area (Å²) in [5.74, 6) is 0.00429. The predicted octanol–water partition coefficient (Wildman–Crippen LogP) is 16.3. The highest BCUT2D eigenvalue weighted by Crippen LogP contribution is 2.17. The molecule has 0 radical (unpaired) electrons. The lowest BCUT2D eigenvalue weighted by Crippen LogP contribution is -2.30. The Bertz CT molecular complexity index is 857. The average molecular weight is 807 g/mol. The van der Waals surface area contributed by atoms with E-state index < -0.39 is 6.10 Å². The summed E-state index contributed by atoms with van der Waals surface area (Å²) in [6.07, 6.45) is 46.8. The topological polar surface area (TPSA) is 78.9 Å². The van der Waals surface area contributed by atoms with Gasteiger partial charge in [-0.05, 0) is 25.2 Å². The molecule has 0 spiro atoms. The lowest BCUT2D eigenvalue weighted by atomic mass is 10.0. The SMILES string of the molecule is CCCCCCCCCCCCCC(=O)OC[C@H](COC(=O)CCCCCCCCC)OC(=O)CCCCCCCCCCCCCCCCCCCCC(C)C. The fourth-order valence-corrected chi connectivity index (χ4v) is 7.69. The second-order valence-corrected chi connectivity index (χ2v) is 17.9. The summed E-state index contributed by atoms with van der Waals surface area (Å²) in [6.45, 7) is 8.99. The van der Waals surface area contributed by atoms with E-state index in [1.807, 2.05) is 0 Å². The molecular formula is C51H98O6. The van der Waals surface area contributed by atoms with E-state index in [1.165, 1.54) is 180 Å². The lowest BCUT2D eigenvalue weighted by Gasteiger charge is -2.18. The first kappa shape index (κ1) is 55.4. The molecule has 0 saturated carbocycles. The Hall–Kier alpha value is -1.59. The van der Waals surface area contributed by atoms with Gasteiger partial charge in [0.25, 0.3) is 0 Å². The summed E-state index contributed by atoms with van der Waals surface area (Å²) in [4.78, 5) is 37.7. The number of ether oxygens (including phenoxy) is 3. The van der Waals surface area contributed by atoms with E-state index in [4.69, 9.17) is 14.2 Å². The summed E-state index contributed by atoms with van der Waals surface area (Å²) in [5, 5.41) is 0. The van der Waals surface area contributed by atoms with Crippen LogP contribution in [0.1, 0.15) is 285 Å². The Morgan fingerprint density at radius 1 is 0.333 bits per heavy atom. The standard InChI is InChI=1S/C51H98O6/c1-5-7-9-11-13-14-23-27-31-35-39-43-50(53)56-46-48(45-55-49(52)42-38-34-29-12-10-8-6-2)57-51(54)44-40-36-32-28-25-22-20-18-16-15-17-19-21-24-26-30-33-37-41-47(3)4/h47-48H,5-46H2,1-4H3/t48-/m0/s1. The highest BCUT2D eigenvalue weighted by Gasteiger charge is 2.19. The van der Waals surface area contributed by atoms with E-state index in [0.29, 0.717) is 19.3 Å². The van der Waals surface area contributed by atoms with Crippen LogP contribution in [0.25, 0.3) is 0 Å². The van der Waals surface area contributed by atoms with Crippen LogP contribution in [0.3, 0.4) is 0 Å². The zero-order chi connectivity index (χ0) is 41.7. The third-order valence-corrected chi connectivity index (χ3v) is 11.5. The van der Waals surface area contributed by atoms with Gasteiger partial charge in [0.05, 0.1) is 0 Å². The van der Waals surface area contributed by atoms with Crippen molar-refractivity contribution in [2.75, 3.05) is 13.2 Å². The van der Waals surface area contributed by atoms with Crippen molar-refractivity contribution in [2.45, 2.75) is 291 Å². The van der Waals surface area contributed by atoms with Crippen LogP contribution in [-0.2, 0) is 28.6 Å². The quantitative estimate of drug-likeness (QED) is 0.0346. The molecule has 0 aromatic heterocycles. The predicted molar refractivity (Wildman–Crippen MR) is 243 cm³/mol. The molecule has 0 aliphatic carbocycles. The molecule has 0 fully saturated rings. The van der Waals surface area contributed by atoms with Crippen LogP contribution in [0.2, 0.25) is 0 Å². The molecule has 338 valence electrons. The Labute approximate surface area is 355 Å². The van der Waals surface area contributed by atoms with Crippen molar-refractivity contribution in [3.8, 4) is 0 Å². The van der Waals surface area contributed by atoms with E-state index in [9.17, 15) is 14.4 Å². The van der Waals surface area contributed by atoms with Crippen molar-refractivity contribution in [3.05, 3.63) is 0 Å². The van der Waals surface area contributed by atoms with Crippen molar-refractivity contribution in [1.82, 2.24) is 0 Å². The number of esters is 3. The number of hydrogen-bond donors (Lipinski definition) is 0. The number of carbonyl (C=O) groups is 3. The molecule has 0 bridgehead atoms. The van der Waals surface area contributed by atoms with Crippen LogP contribution in [0.5, 0.6) is 0 Å². The minimum Gasteiger partial charge on any atom is -0.462 e. The lowest BCUT2D eigenvalue weighted by molar-refractivity contribution is -0.167. The van der Waals surface area contributed by atoms with E-state index in [0.717, 1.165) is 63.7 Å². The molecule has 0 aliphatic rings. The summed E-state index contributed by atoms with van der Waals surface area (Å²) >= 11 is 0. The van der Waals surface area contributed by atoms with Gasteiger partial charge in [-0.25, -0.2) is 0 Å². The Balaban J connectivity index is 4.13. The van der Waals surface area contributed by atoms with Gasteiger partial charge < -0.3 is 14.2 Å². The first-order chi connectivity index (χ1) is 27.9. The van der Waals surface area contributed by atoms with Crippen LogP contribution >= 0.6 is 0 Å². The van der Waals surface area contributed by atoms with Crippen LogP contribution in [0.4, 0.5) is 0 Å².